The molecule has 4 saturated carbocycles. The number of hydrogen-bond donors (Lipinski definition) is 13. The van der Waals surface area contributed by atoms with Crippen molar-refractivity contribution in [1.29, 1.82) is 0 Å². The molecule has 4 heterocycles. The highest BCUT2D eigenvalue weighted by Crippen LogP contribution is 2.76. The third-order valence-electron chi connectivity index (χ3n) is 21.2. The molecule has 0 spiro atoms. The number of hydrogen-bond acceptors (Lipinski definition) is 22. The van der Waals surface area contributed by atoms with Crippen LogP contribution in [0.15, 0.2) is 11.6 Å². The second-order valence-corrected chi connectivity index (χ2v) is 25.8. The Morgan fingerprint density at radius 1 is 0.547 bits per heavy atom. The molecule has 8 fully saturated rings. The summed E-state index contributed by atoms with van der Waals surface area (Å²) in [6, 6.07) is 0. The maximum Gasteiger partial charge on any atom is 0.187 e. The first-order valence-electron chi connectivity index (χ1n) is 27.2. The molecule has 75 heavy (non-hydrogen) atoms. The molecule has 29 unspecified atom stereocenters. The summed E-state index contributed by atoms with van der Waals surface area (Å²) in [7, 11) is 0. The molecule has 9 rings (SSSR count). The van der Waals surface area contributed by atoms with Crippen molar-refractivity contribution in [2.45, 2.75) is 235 Å². The van der Waals surface area contributed by atoms with E-state index in [1.165, 1.54) is 5.57 Å². The first kappa shape index (κ1) is 58.2. The average molecular weight is 1080 g/mol. The Hall–Kier alpha value is -1.43. The predicted octanol–water partition coefficient (Wildman–Crippen LogP) is -1.75. The number of carbonyl (C=O) groups is 1. The lowest BCUT2D eigenvalue weighted by atomic mass is 9.33. The fraction of sp³-hybridized carbons (Fsp3) is 0.943. The van der Waals surface area contributed by atoms with E-state index in [2.05, 4.69) is 47.6 Å². The second-order valence-electron chi connectivity index (χ2n) is 25.8. The molecule has 0 radical (unpaired) electrons. The average Bonchev–Trinajstić information content (AvgIpc) is 3.37. The number of rotatable bonds is 12. The van der Waals surface area contributed by atoms with Gasteiger partial charge in [-0.25, -0.2) is 0 Å². The SMILES string of the molecule is CC1(C)CCC2(C)C(OC3OC(CO)C(O)C(O)C3OC3OCC(O)C(O)C3O)CC3(C)C(=CCC4C5(C)CCC(OC6OC(CO)C(O)C(O)C6OC6OC(CO)C(O)C(O)C6O)C(C)(C=O)C5CCC43C)C2C1. The molecule has 0 aromatic carbocycles. The zero-order valence-corrected chi connectivity index (χ0v) is 44.2. The Morgan fingerprint density at radius 3 is 1.65 bits per heavy atom. The third kappa shape index (κ3) is 9.45. The van der Waals surface area contributed by atoms with Gasteiger partial charge in [0, 0.05) is 5.41 Å². The minimum atomic E-state index is -1.86. The molecule has 0 bridgehead atoms. The van der Waals surface area contributed by atoms with E-state index < -0.39 is 170 Å². The summed E-state index contributed by atoms with van der Waals surface area (Å²) in [5, 5.41) is 139. The lowest BCUT2D eigenvalue weighted by Crippen LogP contribution is -2.68. The summed E-state index contributed by atoms with van der Waals surface area (Å²) in [5.41, 5.74) is -1.66. The molecule has 22 nitrogen and oxygen atoms in total. The van der Waals surface area contributed by atoms with E-state index in [0.717, 1.165) is 32.0 Å². The first-order chi connectivity index (χ1) is 35.2. The molecule has 0 aromatic heterocycles. The van der Waals surface area contributed by atoms with Crippen molar-refractivity contribution in [3.8, 4) is 0 Å². The molecule has 0 amide bonds. The zero-order valence-electron chi connectivity index (χ0n) is 44.2. The Labute approximate surface area is 437 Å². The highest BCUT2D eigenvalue weighted by molar-refractivity contribution is 5.61. The van der Waals surface area contributed by atoms with Gasteiger partial charge in [-0.15, -0.1) is 0 Å². The minimum absolute atomic E-state index is 0.0211. The van der Waals surface area contributed by atoms with Gasteiger partial charge in [0.05, 0.1) is 44.1 Å². The van der Waals surface area contributed by atoms with Gasteiger partial charge in [0.2, 0.25) is 0 Å². The van der Waals surface area contributed by atoms with Crippen LogP contribution in [0, 0.1) is 50.2 Å². The van der Waals surface area contributed by atoms with E-state index in [4.69, 9.17) is 37.9 Å². The van der Waals surface area contributed by atoms with Crippen molar-refractivity contribution < 1.29 is 109 Å². The van der Waals surface area contributed by atoms with E-state index in [1.807, 2.05) is 6.92 Å². The maximum atomic E-state index is 13.9. The number of aldehydes is 1. The lowest BCUT2D eigenvalue weighted by molar-refractivity contribution is -0.377. The number of aliphatic hydroxyl groups is 13. The number of carbonyl (C=O) groups excluding carboxylic acids is 1. The molecule has 29 atom stereocenters. The van der Waals surface area contributed by atoms with Gasteiger partial charge in [-0.1, -0.05) is 60.1 Å². The summed E-state index contributed by atoms with van der Waals surface area (Å²) >= 11 is 0. The van der Waals surface area contributed by atoms with Crippen molar-refractivity contribution in [2.24, 2.45) is 50.2 Å². The summed E-state index contributed by atoms with van der Waals surface area (Å²) in [6.07, 6.45) is -22.1. The molecule has 13 N–H and O–H groups in total. The van der Waals surface area contributed by atoms with Crippen LogP contribution in [0.1, 0.15) is 106 Å². The van der Waals surface area contributed by atoms with Gasteiger partial charge >= 0.3 is 0 Å². The Kier molecular flexibility index (Phi) is 16.4. The monoisotopic (exact) mass is 1070 g/mol. The highest BCUT2D eigenvalue weighted by Gasteiger charge is 2.71. The normalized spacial score (nSPS) is 55.9. The first-order valence-corrected chi connectivity index (χ1v) is 27.2. The van der Waals surface area contributed by atoms with Crippen LogP contribution >= 0.6 is 0 Å². The van der Waals surface area contributed by atoms with Crippen LogP contribution in [0.5, 0.6) is 0 Å². The Bertz CT molecular complexity index is 2050. The van der Waals surface area contributed by atoms with E-state index in [1.54, 1.807) is 0 Å². The smallest absolute Gasteiger partial charge is 0.187 e. The largest absolute Gasteiger partial charge is 0.394 e. The quantitative estimate of drug-likeness (QED) is 0.0586. The van der Waals surface area contributed by atoms with Crippen LogP contribution in [-0.4, -0.2) is 228 Å². The molecule has 9 aliphatic rings. The van der Waals surface area contributed by atoms with Gasteiger partial charge in [0.1, 0.15) is 97.8 Å². The van der Waals surface area contributed by atoms with Crippen LogP contribution < -0.4 is 0 Å². The van der Waals surface area contributed by atoms with E-state index in [0.29, 0.717) is 32.1 Å². The van der Waals surface area contributed by atoms with Crippen LogP contribution in [0.4, 0.5) is 0 Å². The number of allylic oxidation sites excluding steroid dienone is 2. The van der Waals surface area contributed by atoms with E-state index in [9.17, 15) is 71.2 Å². The second kappa shape index (κ2) is 21.2. The number of fused-ring (bicyclic) bond motifs is 7. The molecular weight excluding hydrogens is 989 g/mol. The van der Waals surface area contributed by atoms with Crippen molar-refractivity contribution in [3.05, 3.63) is 11.6 Å². The van der Waals surface area contributed by atoms with Gasteiger partial charge in [-0.2, -0.15) is 0 Å². The van der Waals surface area contributed by atoms with Gasteiger partial charge in [0.15, 0.2) is 25.2 Å². The van der Waals surface area contributed by atoms with Crippen molar-refractivity contribution in [1.82, 2.24) is 0 Å². The fourth-order valence-electron chi connectivity index (χ4n) is 16.2. The lowest BCUT2D eigenvalue weighted by Gasteiger charge is -2.72. The van der Waals surface area contributed by atoms with Crippen molar-refractivity contribution in [2.75, 3.05) is 26.4 Å². The minimum Gasteiger partial charge on any atom is -0.394 e. The summed E-state index contributed by atoms with van der Waals surface area (Å²) < 4.78 is 49.6. The topological polar surface area (TPSA) is 354 Å². The zero-order chi connectivity index (χ0) is 54.7. The van der Waals surface area contributed by atoms with Gasteiger partial charge in [-0.05, 0) is 97.2 Å². The van der Waals surface area contributed by atoms with Crippen molar-refractivity contribution in [3.63, 3.8) is 0 Å². The van der Waals surface area contributed by atoms with Crippen LogP contribution in [-0.2, 0) is 42.7 Å². The summed E-state index contributed by atoms with van der Waals surface area (Å²) in [4.78, 5) is 13.9. The van der Waals surface area contributed by atoms with Crippen LogP contribution in [0.25, 0.3) is 0 Å². The molecule has 22 heteroatoms. The van der Waals surface area contributed by atoms with Crippen LogP contribution in [0.3, 0.4) is 0 Å². The molecule has 5 aliphatic carbocycles. The summed E-state index contributed by atoms with van der Waals surface area (Å²) in [6.45, 7) is 13.1. The summed E-state index contributed by atoms with van der Waals surface area (Å²) in [5.74, 6) is -0.193. The number of ether oxygens (including phenoxy) is 8. The standard InChI is InChI=1S/C53H86O22/c1-48(2)14-15-49(3)24(16-48)23-8-9-30-50(4)12-11-31(72-46-43(39(65)36(62)27(19-55)70-46)75-45-41(67)37(63)34(60)26(18-54)69-45)51(5,22-57)29(50)10-13-52(30,6)53(23,7)17-32(49)73-47-42(38(64)35(61)28(20-56)71-47)74-44-40(66)33(59)25(58)21-68-44/h8,22,24-47,54-56,58-67H,9-21H2,1-7H3. The highest BCUT2D eigenvalue weighted by atomic mass is 16.8. The van der Waals surface area contributed by atoms with Gasteiger partial charge < -0.3 is 109 Å². The molecule has 430 valence electrons. The van der Waals surface area contributed by atoms with Gasteiger partial charge in [-0.3, -0.25) is 0 Å². The maximum absolute atomic E-state index is 13.9. The Balaban J connectivity index is 1.01. The third-order valence-corrected chi connectivity index (χ3v) is 21.2. The molecule has 0 aromatic rings. The van der Waals surface area contributed by atoms with E-state index >= 15 is 0 Å². The predicted molar refractivity (Wildman–Crippen MR) is 257 cm³/mol. The Morgan fingerprint density at radius 2 is 1.08 bits per heavy atom. The molecular formula is C53H86O22. The fourth-order valence-corrected chi connectivity index (χ4v) is 16.2. The van der Waals surface area contributed by atoms with E-state index in [-0.39, 0.29) is 35.2 Å². The molecule has 4 aliphatic heterocycles. The van der Waals surface area contributed by atoms with Crippen LogP contribution in [0.2, 0.25) is 0 Å². The van der Waals surface area contributed by atoms with Gasteiger partial charge in [0.25, 0.3) is 0 Å². The number of aliphatic hydroxyl groups excluding tert-OH is 13. The van der Waals surface area contributed by atoms with Crippen molar-refractivity contribution >= 4 is 6.29 Å². The molecule has 4 saturated heterocycles.